The van der Waals surface area contributed by atoms with E-state index in [0.29, 0.717) is 28.1 Å². The predicted molar refractivity (Wildman–Crippen MR) is 168 cm³/mol. The Bertz CT molecular complexity index is 2160. The molecular weight excluding hydrogens is 766 g/mol. The van der Waals surface area contributed by atoms with Gasteiger partial charge in [0.1, 0.15) is 40.9 Å². The number of phenols is 1. The molecule has 5 aromatic carbocycles. The van der Waals surface area contributed by atoms with Crippen LogP contribution in [-0.4, -0.2) is 16.0 Å². The minimum absolute atomic E-state index is 0. The van der Waals surface area contributed by atoms with E-state index in [2.05, 4.69) is 35.3 Å². The fourth-order valence-corrected chi connectivity index (χ4v) is 6.28. The Balaban J connectivity index is 0.00000338. The second-order valence-electron chi connectivity index (χ2n) is 11.4. The first-order valence-corrected chi connectivity index (χ1v) is 14.6. The molecule has 1 aliphatic carbocycles. The number of phenolic OH excluding ortho intramolecular Hbond substituents is 1. The number of aliphatic imine (C=N–C) groups is 1. The Labute approximate surface area is 278 Å². The van der Waals surface area contributed by atoms with E-state index in [9.17, 15) is 13.9 Å². The predicted octanol–water partition coefficient (Wildman–Crippen LogP) is 8.95. The first kappa shape index (κ1) is 29.8. The monoisotopic (exact) mass is 790 g/mol. The number of ether oxygens (including phenoxy) is 2. The van der Waals surface area contributed by atoms with Crippen molar-refractivity contribution in [2.45, 2.75) is 25.5 Å². The molecule has 0 fully saturated rings. The second kappa shape index (κ2) is 11.8. The molecule has 0 saturated heterocycles. The van der Waals surface area contributed by atoms with E-state index >= 15 is 0 Å². The number of pyridine rings is 1. The summed E-state index contributed by atoms with van der Waals surface area (Å²) >= 11 is 0. The molecule has 0 saturated carbocycles. The quantitative estimate of drug-likeness (QED) is 0.181. The molecule has 0 bridgehead atoms. The molecule has 230 valence electrons. The van der Waals surface area contributed by atoms with Crippen molar-refractivity contribution < 1.29 is 44.4 Å². The largest absolute Gasteiger partial charge is 0.510 e. The van der Waals surface area contributed by atoms with E-state index in [4.69, 9.17) is 14.5 Å². The first-order chi connectivity index (χ1) is 21.9. The number of rotatable bonds is 4. The van der Waals surface area contributed by atoms with Gasteiger partial charge in [0.05, 0.1) is 0 Å². The van der Waals surface area contributed by atoms with Gasteiger partial charge < -0.3 is 14.6 Å². The number of aryl methyl sites for hydroxylation is 1. The van der Waals surface area contributed by atoms with Gasteiger partial charge in [0.15, 0.2) is 0 Å². The molecule has 1 aromatic heterocycles. The SMILES string of the molecule is Cc1cc(O)c2nc(Oc3[c-]c(C4=N[C@H]5c6ccccc6Cc6ccccc6[C@H]5O4)cc(-c4cc(F)cc(F)c4)c3)ccc2c1.[Pt]. The smallest absolute Gasteiger partial charge is 0.217 e. The Morgan fingerprint density at radius 2 is 1.52 bits per heavy atom. The van der Waals surface area contributed by atoms with Crippen molar-refractivity contribution in [2.75, 3.05) is 0 Å². The van der Waals surface area contributed by atoms with Crippen molar-refractivity contribution in [1.82, 2.24) is 4.98 Å². The third kappa shape index (κ3) is 5.45. The van der Waals surface area contributed by atoms with Gasteiger partial charge in [-0.15, -0.1) is 6.07 Å². The van der Waals surface area contributed by atoms with Crippen LogP contribution in [0.2, 0.25) is 0 Å². The van der Waals surface area contributed by atoms with Gasteiger partial charge in [-0.3, -0.25) is 4.99 Å². The maximum absolute atomic E-state index is 14.3. The van der Waals surface area contributed by atoms with Crippen LogP contribution in [0.15, 0.2) is 108 Å². The second-order valence-corrected chi connectivity index (χ2v) is 11.4. The maximum atomic E-state index is 14.3. The zero-order valence-corrected chi connectivity index (χ0v) is 26.7. The summed E-state index contributed by atoms with van der Waals surface area (Å²) < 4.78 is 41.5. The molecule has 8 rings (SSSR count). The van der Waals surface area contributed by atoms with Gasteiger partial charge in [-0.1, -0.05) is 71.8 Å². The number of aromatic hydroxyl groups is 1. The number of hydrogen-bond acceptors (Lipinski definition) is 5. The molecule has 6 aromatic rings. The van der Waals surface area contributed by atoms with E-state index in [-0.39, 0.29) is 50.6 Å². The molecule has 2 aliphatic rings. The van der Waals surface area contributed by atoms with Crippen LogP contribution >= 0.6 is 0 Å². The number of halogens is 2. The van der Waals surface area contributed by atoms with E-state index in [1.54, 1.807) is 24.3 Å². The minimum Gasteiger partial charge on any atom is -0.510 e. The maximum Gasteiger partial charge on any atom is 0.217 e. The zero-order chi connectivity index (χ0) is 30.7. The minimum atomic E-state index is -0.700. The van der Waals surface area contributed by atoms with Gasteiger partial charge in [-0.2, -0.15) is 0 Å². The number of nitrogens with zero attached hydrogens (tertiary/aromatic N) is 2. The molecular formula is C38H25F2N2O3Pt-. The molecule has 0 spiro atoms. The Hall–Kier alpha value is -4.87. The normalized spacial score (nSPS) is 16.3. The standard InChI is InChI=1S/C38H25F2N2O3.Pt/c1-21-12-24-10-11-34(41-35(24)33(43)13-21)44-30-18-25(26-16-28(39)20-29(40)17-26)15-27(19-30)38-42-36-31-8-4-2-6-22(31)14-23-7-3-5-9-32(23)37(36)45-38;/h2-13,15-18,20,36-37,43H,14H2,1H3;/q-1;/t36-,37+;/m0./s1. The Kier molecular flexibility index (Phi) is 7.65. The van der Waals surface area contributed by atoms with E-state index in [1.807, 2.05) is 43.3 Å². The summed E-state index contributed by atoms with van der Waals surface area (Å²) in [7, 11) is 0. The molecule has 0 unspecified atom stereocenters. The summed E-state index contributed by atoms with van der Waals surface area (Å²) in [6.07, 6.45) is 0.424. The molecule has 46 heavy (non-hydrogen) atoms. The fourth-order valence-electron chi connectivity index (χ4n) is 6.28. The van der Waals surface area contributed by atoms with E-state index in [0.717, 1.165) is 34.6 Å². The van der Waals surface area contributed by atoms with Crippen molar-refractivity contribution in [3.8, 4) is 28.5 Å². The zero-order valence-electron chi connectivity index (χ0n) is 24.4. The van der Waals surface area contributed by atoms with Crippen LogP contribution in [0.25, 0.3) is 22.0 Å². The summed E-state index contributed by atoms with van der Waals surface area (Å²) in [5, 5.41) is 11.3. The van der Waals surface area contributed by atoms with Crippen molar-refractivity contribution in [2.24, 2.45) is 4.99 Å². The van der Waals surface area contributed by atoms with Gasteiger partial charge in [-0.25, -0.2) is 13.8 Å². The van der Waals surface area contributed by atoms with Crippen molar-refractivity contribution in [3.05, 3.63) is 154 Å². The molecule has 2 atom stereocenters. The van der Waals surface area contributed by atoms with Crippen LogP contribution in [0, 0.1) is 24.6 Å². The van der Waals surface area contributed by atoms with Gasteiger partial charge in [0.2, 0.25) is 5.88 Å². The van der Waals surface area contributed by atoms with E-state index < -0.39 is 11.6 Å². The third-order valence-electron chi connectivity index (χ3n) is 8.27. The number of benzene rings is 5. The van der Waals surface area contributed by atoms with Crippen LogP contribution in [0.1, 0.15) is 45.5 Å². The summed E-state index contributed by atoms with van der Waals surface area (Å²) in [6.45, 7) is 1.89. The summed E-state index contributed by atoms with van der Waals surface area (Å²) in [6, 6.07) is 33.2. The molecule has 0 amide bonds. The summed E-state index contributed by atoms with van der Waals surface area (Å²) in [5.41, 5.74) is 7.07. The number of fused-ring (bicyclic) bond motifs is 6. The Morgan fingerprint density at radius 3 is 2.30 bits per heavy atom. The van der Waals surface area contributed by atoms with Crippen molar-refractivity contribution in [1.29, 1.82) is 0 Å². The van der Waals surface area contributed by atoms with Gasteiger partial charge in [0.25, 0.3) is 0 Å². The average molecular weight is 791 g/mol. The van der Waals surface area contributed by atoms with Gasteiger partial charge >= 0.3 is 0 Å². The van der Waals surface area contributed by atoms with Crippen molar-refractivity contribution >= 4 is 16.8 Å². The van der Waals surface area contributed by atoms with Gasteiger partial charge in [-0.05, 0) is 77.1 Å². The summed E-state index contributed by atoms with van der Waals surface area (Å²) in [4.78, 5) is 9.58. The number of hydrogen-bond donors (Lipinski definition) is 1. The van der Waals surface area contributed by atoms with E-state index in [1.165, 1.54) is 23.3 Å². The summed E-state index contributed by atoms with van der Waals surface area (Å²) in [5.74, 6) is -0.558. The van der Waals surface area contributed by atoms with Crippen molar-refractivity contribution in [3.63, 3.8) is 0 Å². The molecule has 1 aliphatic heterocycles. The molecule has 1 N–H and O–H groups in total. The fraction of sp³-hybridized carbons (Fsp3) is 0.105. The number of aromatic nitrogens is 1. The molecule has 2 heterocycles. The van der Waals surface area contributed by atoms with Crippen LogP contribution in [0.4, 0.5) is 8.78 Å². The topological polar surface area (TPSA) is 63.9 Å². The third-order valence-corrected chi connectivity index (χ3v) is 8.27. The Morgan fingerprint density at radius 1 is 0.826 bits per heavy atom. The molecule has 0 radical (unpaired) electrons. The van der Waals surface area contributed by atoms with Crippen LogP contribution in [0.3, 0.4) is 0 Å². The van der Waals surface area contributed by atoms with Crippen LogP contribution in [-0.2, 0) is 32.2 Å². The van der Waals surface area contributed by atoms with Gasteiger partial charge in [0, 0.05) is 44.3 Å². The molecule has 8 heteroatoms. The molecule has 5 nitrogen and oxygen atoms in total. The first-order valence-electron chi connectivity index (χ1n) is 14.6. The average Bonchev–Trinajstić information content (AvgIpc) is 3.41. The van der Waals surface area contributed by atoms with Crippen LogP contribution < -0.4 is 4.74 Å². The van der Waals surface area contributed by atoms with Crippen LogP contribution in [0.5, 0.6) is 17.4 Å².